The Hall–Kier alpha value is -4.00. The Morgan fingerprint density at radius 3 is 2.23 bits per heavy atom. The van der Waals surface area contributed by atoms with Crippen molar-refractivity contribution in [1.29, 1.82) is 0 Å². The summed E-state index contributed by atoms with van der Waals surface area (Å²) in [4.78, 5) is 39.1. The molecule has 0 atom stereocenters. The maximum absolute atomic E-state index is 13.9. The lowest BCUT2D eigenvalue weighted by Crippen LogP contribution is -2.29. The zero-order valence-corrected chi connectivity index (χ0v) is 16.0. The third kappa shape index (κ3) is 3.41. The average Bonchev–Trinajstić information content (AvgIpc) is 3.00. The fraction of sp³-hybridized carbons (Fsp3) is 0.0870. The van der Waals surface area contributed by atoms with E-state index in [-0.39, 0.29) is 35.4 Å². The van der Waals surface area contributed by atoms with Crippen LogP contribution in [-0.4, -0.2) is 29.7 Å². The van der Waals surface area contributed by atoms with Crippen molar-refractivity contribution in [3.8, 4) is 5.75 Å². The van der Waals surface area contributed by atoms with E-state index in [9.17, 15) is 18.8 Å². The van der Waals surface area contributed by atoms with E-state index in [0.29, 0.717) is 16.7 Å². The summed E-state index contributed by atoms with van der Waals surface area (Å²) in [6.07, 6.45) is 0. The minimum atomic E-state index is -0.568. The summed E-state index contributed by atoms with van der Waals surface area (Å²) in [7, 11) is 1.42. The number of ether oxygens (including phenoxy) is 1. The molecule has 1 N–H and O–H groups in total. The van der Waals surface area contributed by atoms with Crippen LogP contribution in [0.2, 0.25) is 0 Å². The molecule has 0 saturated heterocycles. The van der Waals surface area contributed by atoms with Crippen molar-refractivity contribution in [3.63, 3.8) is 0 Å². The number of benzene rings is 3. The number of hydrogen-bond acceptors (Lipinski definition) is 4. The number of fused-ring (bicyclic) bond motifs is 1. The van der Waals surface area contributed by atoms with Crippen LogP contribution in [-0.2, 0) is 6.54 Å². The Labute approximate surface area is 171 Å². The topological polar surface area (TPSA) is 75.7 Å². The first kappa shape index (κ1) is 19.3. The Morgan fingerprint density at radius 2 is 1.60 bits per heavy atom. The molecular formula is C23H17FN2O4. The van der Waals surface area contributed by atoms with E-state index in [0.717, 1.165) is 4.90 Å². The molecule has 30 heavy (non-hydrogen) atoms. The number of anilines is 1. The van der Waals surface area contributed by atoms with Crippen LogP contribution in [0.5, 0.6) is 5.75 Å². The summed E-state index contributed by atoms with van der Waals surface area (Å²) in [5.41, 5.74) is 1.47. The Balaban J connectivity index is 1.61. The van der Waals surface area contributed by atoms with Crippen LogP contribution in [0, 0.1) is 5.82 Å². The first-order chi connectivity index (χ1) is 14.5. The molecule has 3 aromatic carbocycles. The lowest BCUT2D eigenvalue weighted by Gasteiger charge is -2.16. The molecular weight excluding hydrogens is 387 g/mol. The van der Waals surface area contributed by atoms with Gasteiger partial charge in [-0.25, -0.2) is 4.39 Å². The molecule has 0 aromatic heterocycles. The van der Waals surface area contributed by atoms with Gasteiger partial charge in [-0.15, -0.1) is 0 Å². The normalized spacial score (nSPS) is 12.7. The molecule has 0 aliphatic carbocycles. The van der Waals surface area contributed by atoms with Gasteiger partial charge in [0.25, 0.3) is 17.7 Å². The first-order valence-corrected chi connectivity index (χ1v) is 9.17. The van der Waals surface area contributed by atoms with E-state index in [2.05, 4.69) is 5.32 Å². The number of methoxy groups -OCH3 is 1. The number of halogens is 1. The van der Waals surface area contributed by atoms with Gasteiger partial charge in [0.2, 0.25) is 0 Å². The van der Waals surface area contributed by atoms with Gasteiger partial charge in [-0.2, -0.15) is 0 Å². The van der Waals surface area contributed by atoms with E-state index in [1.807, 2.05) is 0 Å². The fourth-order valence-corrected chi connectivity index (χ4v) is 3.35. The largest absolute Gasteiger partial charge is 0.496 e. The molecule has 0 bridgehead atoms. The predicted octanol–water partition coefficient (Wildman–Crippen LogP) is 3.88. The van der Waals surface area contributed by atoms with Crippen molar-refractivity contribution >= 4 is 23.4 Å². The Bertz CT molecular complexity index is 1140. The van der Waals surface area contributed by atoms with Crippen molar-refractivity contribution < 1.29 is 23.5 Å². The molecule has 6 nitrogen and oxygen atoms in total. The number of carbonyl (C=O) groups is 3. The number of amides is 3. The van der Waals surface area contributed by atoms with Crippen molar-refractivity contribution in [2.75, 3.05) is 12.4 Å². The maximum Gasteiger partial charge on any atom is 0.261 e. The second-order valence-corrected chi connectivity index (χ2v) is 6.71. The number of nitrogens with zero attached hydrogens (tertiary/aromatic N) is 1. The number of hydrogen-bond donors (Lipinski definition) is 1. The molecule has 4 rings (SSSR count). The van der Waals surface area contributed by atoms with Crippen molar-refractivity contribution in [2.24, 2.45) is 0 Å². The highest BCUT2D eigenvalue weighted by molar-refractivity contribution is 6.21. The van der Waals surface area contributed by atoms with Gasteiger partial charge in [-0.1, -0.05) is 30.3 Å². The highest BCUT2D eigenvalue weighted by Crippen LogP contribution is 2.27. The summed E-state index contributed by atoms with van der Waals surface area (Å²) in [5.74, 6) is -1.62. The predicted molar refractivity (Wildman–Crippen MR) is 108 cm³/mol. The van der Waals surface area contributed by atoms with Gasteiger partial charge in [0.15, 0.2) is 0 Å². The van der Waals surface area contributed by atoms with E-state index >= 15 is 0 Å². The fourth-order valence-electron chi connectivity index (χ4n) is 3.35. The van der Waals surface area contributed by atoms with Crippen LogP contribution in [0.4, 0.5) is 10.1 Å². The van der Waals surface area contributed by atoms with Gasteiger partial charge in [0, 0.05) is 0 Å². The summed E-state index contributed by atoms with van der Waals surface area (Å²) in [6, 6.07) is 17.2. The summed E-state index contributed by atoms with van der Waals surface area (Å²) in [5, 5.41) is 2.51. The number of carbonyl (C=O) groups excluding carboxylic acids is 3. The van der Waals surface area contributed by atoms with Crippen molar-refractivity contribution in [3.05, 3.63) is 94.8 Å². The summed E-state index contributed by atoms with van der Waals surface area (Å²) < 4.78 is 19.1. The molecule has 0 saturated carbocycles. The van der Waals surface area contributed by atoms with Crippen LogP contribution < -0.4 is 10.1 Å². The maximum atomic E-state index is 13.9. The van der Waals surface area contributed by atoms with E-state index in [1.165, 1.54) is 31.4 Å². The molecule has 3 amide bonds. The molecule has 1 aliphatic heterocycles. The van der Waals surface area contributed by atoms with E-state index in [4.69, 9.17) is 4.74 Å². The quantitative estimate of drug-likeness (QED) is 0.655. The highest BCUT2D eigenvalue weighted by Gasteiger charge is 2.35. The second kappa shape index (κ2) is 7.79. The van der Waals surface area contributed by atoms with Gasteiger partial charge in [0.05, 0.1) is 36.0 Å². The molecule has 0 radical (unpaired) electrons. The molecule has 3 aromatic rings. The highest BCUT2D eigenvalue weighted by atomic mass is 19.1. The molecule has 1 aliphatic rings. The van der Waals surface area contributed by atoms with Gasteiger partial charge < -0.3 is 10.1 Å². The zero-order valence-electron chi connectivity index (χ0n) is 16.0. The minimum absolute atomic E-state index is 0.00365. The van der Waals surface area contributed by atoms with Gasteiger partial charge in [-0.05, 0) is 42.0 Å². The van der Waals surface area contributed by atoms with Gasteiger partial charge in [-0.3, -0.25) is 19.3 Å². The van der Waals surface area contributed by atoms with Gasteiger partial charge >= 0.3 is 0 Å². The SMILES string of the molecule is COc1ccc(CN2C(=O)c3ccccc3C2=O)cc1C(=O)Nc1ccccc1F. The standard InChI is InChI=1S/C23H17FN2O4/c1-30-20-11-10-14(12-17(20)21(27)25-19-9-5-4-8-18(19)24)13-26-22(28)15-6-2-3-7-16(15)23(26)29/h2-12H,13H2,1H3,(H,25,27). The zero-order chi connectivity index (χ0) is 21.3. The molecule has 150 valence electrons. The second-order valence-electron chi connectivity index (χ2n) is 6.71. The third-order valence-electron chi connectivity index (χ3n) is 4.85. The number of para-hydroxylation sites is 1. The van der Waals surface area contributed by atoms with Crippen LogP contribution in [0.25, 0.3) is 0 Å². The van der Waals surface area contributed by atoms with E-state index in [1.54, 1.807) is 42.5 Å². The van der Waals surface area contributed by atoms with Crippen LogP contribution >= 0.6 is 0 Å². The first-order valence-electron chi connectivity index (χ1n) is 9.17. The van der Waals surface area contributed by atoms with Crippen molar-refractivity contribution in [1.82, 2.24) is 4.90 Å². The lowest BCUT2D eigenvalue weighted by molar-refractivity contribution is 0.0642. The molecule has 0 spiro atoms. The Morgan fingerprint density at radius 1 is 0.967 bits per heavy atom. The molecule has 0 unspecified atom stereocenters. The van der Waals surface area contributed by atoms with Crippen LogP contribution in [0.1, 0.15) is 36.6 Å². The molecule has 0 fully saturated rings. The number of imide groups is 1. The summed E-state index contributed by atoms with van der Waals surface area (Å²) >= 11 is 0. The van der Waals surface area contributed by atoms with E-state index < -0.39 is 11.7 Å². The summed E-state index contributed by atoms with van der Waals surface area (Å²) in [6.45, 7) is -0.00365. The molecule has 7 heteroatoms. The smallest absolute Gasteiger partial charge is 0.261 e. The number of rotatable bonds is 5. The van der Waals surface area contributed by atoms with Crippen molar-refractivity contribution in [2.45, 2.75) is 6.54 Å². The third-order valence-corrected chi connectivity index (χ3v) is 4.85. The van der Waals surface area contributed by atoms with Gasteiger partial charge in [0.1, 0.15) is 11.6 Å². The monoisotopic (exact) mass is 404 g/mol. The molecule has 1 heterocycles. The van der Waals surface area contributed by atoms with Crippen LogP contribution in [0.3, 0.4) is 0 Å². The number of nitrogens with one attached hydrogen (secondary N) is 1. The Kier molecular flexibility index (Phi) is 5.02. The average molecular weight is 404 g/mol. The minimum Gasteiger partial charge on any atom is -0.496 e. The lowest BCUT2D eigenvalue weighted by atomic mass is 10.1. The van der Waals surface area contributed by atoms with Crippen LogP contribution in [0.15, 0.2) is 66.7 Å².